The van der Waals surface area contributed by atoms with Crippen LogP contribution in [0.2, 0.25) is 0 Å². The van der Waals surface area contributed by atoms with Gasteiger partial charge in [0.2, 0.25) is 0 Å². The fourth-order valence-electron chi connectivity index (χ4n) is 2.76. The van der Waals surface area contributed by atoms with Gasteiger partial charge in [-0.3, -0.25) is 4.79 Å². The summed E-state index contributed by atoms with van der Waals surface area (Å²) in [6.45, 7) is 6.03. The number of hydrogen-bond acceptors (Lipinski definition) is 4. The molecule has 5 nitrogen and oxygen atoms in total. The first-order valence-electron chi connectivity index (χ1n) is 7.43. The topological polar surface area (TPSA) is 73.7 Å². The molecule has 2 heterocycles. The highest BCUT2D eigenvalue weighted by Gasteiger charge is 2.19. The van der Waals surface area contributed by atoms with Crippen molar-refractivity contribution >= 4 is 28.2 Å². The van der Waals surface area contributed by atoms with Crippen molar-refractivity contribution in [2.24, 2.45) is 0 Å². The van der Waals surface area contributed by atoms with Gasteiger partial charge in [-0.1, -0.05) is 0 Å². The standard InChI is InChI=1S/C15H22N2O3S/c1-10-11(2)21-14(13(10)15(19)20)16-12(18)9-17-7-5-3-4-6-8-17/h3-9H2,1-2H3,(H,16,18)(H,19,20). The molecule has 1 aliphatic rings. The second-order valence-electron chi connectivity index (χ2n) is 5.66. The Morgan fingerprint density at radius 1 is 1.19 bits per heavy atom. The van der Waals surface area contributed by atoms with Crippen LogP contribution in [0.1, 0.15) is 46.5 Å². The monoisotopic (exact) mass is 310 g/mol. The van der Waals surface area contributed by atoms with Gasteiger partial charge in [-0.25, -0.2) is 0 Å². The van der Waals surface area contributed by atoms with E-state index in [4.69, 9.17) is 0 Å². The van der Waals surface area contributed by atoms with E-state index >= 15 is 0 Å². The maximum atomic E-state index is 12.1. The van der Waals surface area contributed by atoms with Gasteiger partial charge in [0.05, 0.1) is 19.1 Å². The Hall–Kier alpha value is -1.40. The third kappa shape index (κ3) is 4.04. The average molecular weight is 310 g/mol. The van der Waals surface area contributed by atoms with E-state index in [9.17, 15) is 14.7 Å². The van der Waals surface area contributed by atoms with Gasteiger partial charge in [-0.2, -0.15) is 0 Å². The zero-order valence-electron chi connectivity index (χ0n) is 12.6. The highest BCUT2D eigenvalue weighted by Crippen LogP contribution is 2.31. The van der Waals surface area contributed by atoms with Crippen molar-refractivity contribution in [3.05, 3.63) is 16.0 Å². The Morgan fingerprint density at radius 3 is 2.38 bits per heavy atom. The van der Waals surface area contributed by atoms with Crippen LogP contribution in [0.25, 0.3) is 0 Å². The lowest BCUT2D eigenvalue weighted by Gasteiger charge is -2.16. The molecule has 0 radical (unpaired) electrons. The van der Waals surface area contributed by atoms with Crippen LogP contribution in [0.15, 0.2) is 0 Å². The summed E-state index contributed by atoms with van der Waals surface area (Å²) in [7, 11) is 0. The fourth-order valence-corrected chi connectivity index (χ4v) is 3.83. The van der Waals surface area contributed by atoms with Crippen molar-refractivity contribution < 1.29 is 19.6 Å². The van der Waals surface area contributed by atoms with Crippen molar-refractivity contribution in [1.82, 2.24) is 0 Å². The number of likely N-dealkylation sites (tertiary alicyclic amines) is 1. The molecule has 2 N–H and O–H groups in total. The van der Waals surface area contributed by atoms with Crippen molar-refractivity contribution in [2.45, 2.75) is 39.5 Å². The SMILES string of the molecule is Cc1sc(NC(=O)C[NH+]2CCCCCC2)c(C(=O)[O-])c1C. The van der Waals surface area contributed by atoms with Gasteiger partial charge in [0.15, 0.2) is 6.54 Å². The quantitative estimate of drug-likeness (QED) is 0.830. The molecule has 1 aliphatic heterocycles. The molecular formula is C15H22N2O3S. The number of nitrogens with one attached hydrogen (secondary N) is 2. The summed E-state index contributed by atoms with van der Waals surface area (Å²) < 4.78 is 0. The first-order valence-corrected chi connectivity index (χ1v) is 8.25. The predicted molar refractivity (Wildman–Crippen MR) is 80.8 cm³/mol. The van der Waals surface area contributed by atoms with Gasteiger partial charge < -0.3 is 20.1 Å². The molecular weight excluding hydrogens is 288 g/mol. The van der Waals surface area contributed by atoms with Crippen LogP contribution >= 0.6 is 11.3 Å². The molecule has 2 rings (SSSR count). The second-order valence-corrected chi connectivity index (χ2v) is 6.89. The molecule has 1 fully saturated rings. The van der Waals surface area contributed by atoms with E-state index in [0.29, 0.717) is 17.1 Å². The van der Waals surface area contributed by atoms with Crippen LogP contribution in [-0.2, 0) is 4.79 Å². The van der Waals surface area contributed by atoms with Gasteiger partial charge in [0, 0.05) is 10.4 Å². The number of anilines is 1. The second kappa shape index (κ2) is 7.04. The van der Waals surface area contributed by atoms with Crippen LogP contribution in [-0.4, -0.2) is 31.5 Å². The van der Waals surface area contributed by atoms with E-state index in [1.165, 1.54) is 29.1 Å². The van der Waals surface area contributed by atoms with E-state index in [1.54, 1.807) is 6.92 Å². The molecule has 6 heteroatoms. The first kappa shape index (κ1) is 16.0. The number of aryl methyl sites for hydroxylation is 1. The summed E-state index contributed by atoms with van der Waals surface area (Å²) in [5, 5.41) is 14.4. The van der Waals surface area contributed by atoms with Gasteiger partial charge in [-0.05, 0) is 45.1 Å². The summed E-state index contributed by atoms with van der Waals surface area (Å²) in [6, 6.07) is 0. The summed E-state index contributed by atoms with van der Waals surface area (Å²) >= 11 is 1.30. The van der Waals surface area contributed by atoms with Gasteiger partial charge in [0.1, 0.15) is 5.00 Å². The van der Waals surface area contributed by atoms with Gasteiger partial charge in [0.25, 0.3) is 5.91 Å². The number of aromatic carboxylic acids is 1. The minimum absolute atomic E-state index is 0.115. The largest absolute Gasteiger partial charge is 0.545 e. The molecule has 0 saturated carbocycles. The summed E-state index contributed by atoms with van der Waals surface area (Å²) in [5.74, 6) is -1.34. The normalized spacial score (nSPS) is 16.5. The molecule has 1 aromatic heterocycles. The Bertz CT molecular complexity index is 531. The molecule has 1 aromatic rings. The minimum Gasteiger partial charge on any atom is -0.545 e. The Balaban J connectivity index is 2.02. The van der Waals surface area contributed by atoms with E-state index < -0.39 is 5.97 Å². The van der Waals surface area contributed by atoms with Crippen LogP contribution in [0, 0.1) is 13.8 Å². The number of carbonyl (C=O) groups is 2. The van der Waals surface area contributed by atoms with Crippen LogP contribution in [0.3, 0.4) is 0 Å². The molecule has 0 bridgehead atoms. The van der Waals surface area contributed by atoms with Crippen LogP contribution in [0.5, 0.6) is 0 Å². The van der Waals surface area contributed by atoms with Gasteiger partial charge >= 0.3 is 0 Å². The lowest BCUT2D eigenvalue weighted by Crippen LogP contribution is -3.12. The zero-order valence-corrected chi connectivity index (χ0v) is 13.4. The Kier molecular flexibility index (Phi) is 5.36. The molecule has 0 spiro atoms. The summed E-state index contributed by atoms with van der Waals surface area (Å²) in [4.78, 5) is 25.5. The molecule has 0 aliphatic carbocycles. The molecule has 0 unspecified atom stereocenters. The fraction of sp³-hybridized carbons (Fsp3) is 0.600. The Morgan fingerprint density at radius 2 is 1.81 bits per heavy atom. The average Bonchev–Trinajstić information content (AvgIpc) is 2.58. The van der Waals surface area contributed by atoms with E-state index in [0.717, 1.165) is 30.8 Å². The molecule has 1 amide bonds. The smallest absolute Gasteiger partial charge is 0.280 e. The number of carboxylic acids is 1. The molecule has 116 valence electrons. The zero-order chi connectivity index (χ0) is 15.4. The number of carbonyl (C=O) groups excluding carboxylic acids is 2. The third-order valence-corrected chi connectivity index (χ3v) is 5.19. The summed E-state index contributed by atoms with van der Waals surface area (Å²) in [5.41, 5.74) is 0.800. The number of quaternary nitrogens is 1. The molecule has 1 saturated heterocycles. The first-order chi connectivity index (χ1) is 9.99. The van der Waals surface area contributed by atoms with E-state index in [-0.39, 0.29) is 11.5 Å². The highest BCUT2D eigenvalue weighted by molar-refractivity contribution is 7.16. The maximum Gasteiger partial charge on any atom is 0.280 e. The van der Waals surface area contributed by atoms with Crippen molar-refractivity contribution in [2.75, 3.05) is 25.0 Å². The van der Waals surface area contributed by atoms with Crippen molar-refractivity contribution in [3.63, 3.8) is 0 Å². The van der Waals surface area contributed by atoms with Gasteiger partial charge in [-0.15, -0.1) is 11.3 Å². The maximum absolute atomic E-state index is 12.1. The number of thiophene rings is 1. The Labute approximate surface area is 129 Å². The molecule has 21 heavy (non-hydrogen) atoms. The lowest BCUT2D eigenvalue weighted by molar-refractivity contribution is -0.890. The van der Waals surface area contributed by atoms with Crippen LogP contribution in [0.4, 0.5) is 5.00 Å². The number of hydrogen-bond donors (Lipinski definition) is 2. The molecule has 0 aromatic carbocycles. The highest BCUT2D eigenvalue weighted by atomic mass is 32.1. The van der Waals surface area contributed by atoms with Crippen molar-refractivity contribution in [3.8, 4) is 0 Å². The molecule has 0 atom stereocenters. The van der Waals surface area contributed by atoms with E-state index in [2.05, 4.69) is 5.32 Å². The van der Waals surface area contributed by atoms with E-state index in [1.807, 2.05) is 6.92 Å². The number of amides is 1. The number of carboxylic acid groups (broad SMARTS) is 1. The van der Waals surface area contributed by atoms with Crippen LogP contribution < -0.4 is 15.3 Å². The minimum atomic E-state index is -1.23. The lowest BCUT2D eigenvalue weighted by atomic mass is 10.1. The number of rotatable bonds is 4. The third-order valence-electron chi connectivity index (χ3n) is 4.06. The summed E-state index contributed by atoms with van der Waals surface area (Å²) in [6.07, 6.45) is 4.79. The van der Waals surface area contributed by atoms with Crippen molar-refractivity contribution in [1.29, 1.82) is 0 Å². The predicted octanol–water partition coefficient (Wildman–Crippen LogP) is 0.126.